The van der Waals surface area contributed by atoms with Crippen molar-refractivity contribution >= 4 is 8.56 Å². The Kier molecular flexibility index (Phi) is 4.04. The fraction of sp³-hybridized carbons (Fsp3) is 1.00. The average Bonchev–Trinajstić information content (AvgIpc) is 1.89. The van der Waals surface area contributed by atoms with Crippen LogP contribution >= 0.6 is 0 Å². The van der Waals surface area contributed by atoms with Gasteiger partial charge in [0, 0.05) is 20.3 Å². The third kappa shape index (κ3) is 2.95. The molecule has 0 aromatic heterocycles. The standard InChI is InChI=1S/C5H13O3Si/c1-7-9(3,8-2)5-4-6/h4-5H2,1-3H3. The summed E-state index contributed by atoms with van der Waals surface area (Å²) in [6.07, 6.45) is 0. The van der Waals surface area contributed by atoms with Crippen molar-refractivity contribution in [2.75, 3.05) is 20.8 Å². The summed E-state index contributed by atoms with van der Waals surface area (Å²) in [6, 6.07) is 0.528. The highest BCUT2D eigenvalue weighted by atomic mass is 28.4. The fourth-order valence-electron chi connectivity index (χ4n) is 0.473. The second kappa shape index (κ2) is 4.00. The first-order valence-corrected chi connectivity index (χ1v) is 5.39. The van der Waals surface area contributed by atoms with Gasteiger partial charge < -0.3 is 8.85 Å². The van der Waals surface area contributed by atoms with E-state index in [9.17, 15) is 5.11 Å². The molecule has 0 fully saturated rings. The fourth-order valence-corrected chi connectivity index (χ4v) is 1.42. The van der Waals surface area contributed by atoms with Crippen LogP contribution in [0.4, 0.5) is 0 Å². The largest absolute Gasteiger partial charge is 0.398 e. The van der Waals surface area contributed by atoms with E-state index in [1.54, 1.807) is 14.2 Å². The molecule has 9 heavy (non-hydrogen) atoms. The van der Waals surface area contributed by atoms with Crippen LogP contribution in [0.5, 0.6) is 0 Å². The summed E-state index contributed by atoms with van der Waals surface area (Å²) < 4.78 is 10.1. The molecule has 0 aromatic rings. The van der Waals surface area contributed by atoms with Gasteiger partial charge in [-0.1, -0.05) is 0 Å². The first-order valence-electron chi connectivity index (χ1n) is 2.87. The second-order valence-corrected chi connectivity index (χ2v) is 5.58. The molecule has 4 heteroatoms. The maximum absolute atomic E-state index is 10.1. The molecule has 0 aliphatic heterocycles. The molecule has 0 saturated heterocycles. The molecular weight excluding hydrogens is 136 g/mol. The summed E-state index contributed by atoms with van der Waals surface area (Å²) in [6.45, 7) is 1.77. The predicted molar refractivity (Wildman–Crippen MR) is 36.0 cm³/mol. The van der Waals surface area contributed by atoms with Crippen LogP contribution in [0.25, 0.3) is 0 Å². The van der Waals surface area contributed by atoms with Crippen LogP contribution in [0, 0.1) is 0 Å². The minimum atomic E-state index is -2.01. The van der Waals surface area contributed by atoms with Crippen molar-refractivity contribution in [3.8, 4) is 0 Å². The van der Waals surface area contributed by atoms with Crippen LogP contribution in [0.3, 0.4) is 0 Å². The Bertz CT molecular complexity index is 72.6. The molecule has 0 rings (SSSR count). The van der Waals surface area contributed by atoms with Crippen LogP contribution in [0.15, 0.2) is 0 Å². The maximum Gasteiger partial charge on any atom is 0.336 e. The normalized spacial score (nSPS) is 12.0. The van der Waals surface area contributed by atoms with Gasteiger partial charge in [-0.05, 0) is 6.55 Å². The van der Waals surface area contributed by atoms with Crippen molar-refractivity contribution in [1.29, 1.82) is 0 Å². The third-order valence-corrected chi connectivity index (χ3v) is 4.26. The molecule has 0 atom stereocenters. The van der Waals surface area contributed by atoms with E-state index in [1.165, 1.54) is 0 Å². The van der Waals surface area contributed by atoms with Gasteiger partial charge in [-0.15, -0.1) is 0 Å². The van der Waals surface area contributed by atoms with E-state index in [2.05, 4.69) is 0 Å². The van der Waals surface area contributed by atoms with Gasteiger partial charge in [-0.3, -0.25) is 0 Å². The summed E-state index contributed by atoms with van der Waals surface area (Å²) in [7, 11) is 1.17. The van der Waals surface area contributed by atoms with Gasteiger partial charge in [-0.25, -0.2) is 5.11 Å². The molecule has 3 nitrogen and oxygen atoms in total. The highest BCUT2D eigenvalue weighted by Crippen LogP contribution is 2.09. The summed E-state index contributed by atoms with van der Waals surface area (Å²) in [5.74, 6) is 0. The Morgan fingerprint density at radius 1 is 1.33 bits per heavy atom. The Labute approximate surface area is 56.8 Å². The minimum Gasteiger partial charge on any atom is -0.398 e. The summed E-state index contributed by atoms with van der Waals surface area (Å²) >= 11 is 0. The number of hydrogen-bond acceptors (Lipinski definition) is 2. The van der Waals surface area contributed by atoms with Crippen molar-refractivity contribution in [2.45, 2.75) is 12.6 Å². The highest BCUT2D eigenvalue weighted by molar-refractivity contribution is 6.65. The van der Waals surface area contributed by atoms with E-state index in [4.69, 9.17) is 8.85 Å². The molecule has 0 aliphatic rings. The molecular formula is C5H13O3Si. The lowest BCUT2D eigenvalue weighted by atomic mass is 10.9. The molecule has 0 heterocycles. The number of rotatable bonds is 4. The van der Waals surface area contributed by atoms with Crippen LogP contribution in [-0.4, -0.2) is 29.4 Å². The van der Waals surface area contributed by atoms with E-state index in [0.717, 1.165) is 0 Å². The topological polar surface area (TPSA) is 38.4 Å². The Morgan fingerprint density at radius 3 is 1.89 bits per heavy atom. The molecule has 0 N–H and O–H groups in total. The highest BCUT2D eigenvalue weighted by Gasteiger charge is 2.27. The summed E-state index contributed by atoms with van der Waals surface area (Å²) in [5.41, 5.74) is 0. The smallest absolute Gasteiger partial charge is 0.336 e. The third-order valence-electron chi connectivity index (χ3n) is 1.42. The van der Waals surface area contributed by atoms with Crippen LogP contribution < -0.4 is 0 Å². The predicted octanol–water partition coefficient (Wildman–Crippen LogP) is 0.782. The Morgan fingerprint density at radius 2 is 1.78 bits per heavy atom. The lowest BCUT2D eigenvalue weighted by molar-refractivity contribution is 0.185. The lowest BCUT2D eigenvalue weighted by Gasteiger charge is -2.20. The monoisotopic (exact) mass is 149 g/mol. The van der Waals surface area contributed by atoms with Gasteiger partial charge in [0.05, 0.1) is 6.61 Å². The van der Waals surface area contributed by atoms with Crippen LogP contribution in [0.2, 0.25) is 12.6 Å². The quantitative estimate of drug-likeness (QED) is 0.554. The molecule has 0 unspecified atom stereocenters. The molecule has 0 bridgehead atoms. The van der Waals surface area contributed by atoms with E-state index in [-0.39, 0.29) is 6.61 Å². The second-order valence-electron chi connectivity index (χ2n) is 2.00. The zero-order valence-electron chi connectivity index (χ0n) is 6.14. The lowest BCUT2D eigenvalue weighted by Crippen LogP contribution is -2.36. The van der Waals surface area contributed by atoms with E-state index >= 15 is 0 Å². The molecule has 55 valence electrons. The van der Waals surface area contributed by atoms with Crippen molar-refractivity contribution in [1.82, 2.24) is 0 Å². The molecule has 0 spiro atoms. The molecule has 0 aromatic carbocycles. The summed E-state index contributed by atoms with van der Waals surface area (Å²) in [4.78, 5) is 0. The Hall–Kier alpha value is 0.0969. The van der Waals surface area contributed by atoms with Crippen molar-refractivity contribution in [2.24, 2.45) is 0 Å². The van der Waals surface area contributed by atoms with Crippen LogP contribution in [-0.2, 0) is 14.0 Å². The number of hydrogen-bond donors (Lipinski definition) is 0. The van der Waals surface area contributed by atoms with E-state index < -0.39 is 8.56 Å². The molecule has 0 aliphatic carbocycles. The summed E-state index contributed by atoms with van der Waals surface area (Å²) in [5, 5.41) is 10.1. The van der Waals surface area contributed by atoms with Gasteiger partial charge >= 0.3 is 8.56 Å². The zero-order chi connectivity index (χ0) is 7.33. The van der Waals surface area contributed by atoms with Crippen molar-refractivity contribution < 1.29 is 14.0 Å². The van der Waals surface area contributed by atoms with Crippen molar-refractivity contribution in [3.05, 3.63) is 0 Å². The van der Waals surface area contributed by atoms with Gasteiger partial charge in [-0.2, -0.15) is 0 Å². The Balaban J connectivity index is 3.62. The molecule has 0 amide bonds. The van der Waals surface area contributed by atoms with E-state index in [1.807, 2.05) is 6.55 Å². The van der Waals surface area contributed by atoms with Gasteiger partial charge in [0.1, 0.15) is 0 Å². The first-order chi connectivity index (χ1) is 4.18. The average molecular weight is 149 g/mol. The van der Waals surface area contributed by atoms with Crippen LogP contribution in [0.1, 0.15) is 0 Å². The van der Waals surface area contributed by atoms with Gasteiger partial charge in [0.2, 0.25) is 0 Å². The SMILES string of the molecule is CO[Si](C)(CC[O])OC. The zero-order valence-corrected chi connectivity index (χ0v) is 7.14. The molecule has 1 radical (unpaired) electrons. The van der Waals surface area contributed by atoms with Crippen molar-refractivity contribution in [3.63, 3.8) is 0 Å². The minimum absolute atomic E-state index is 0.107. The maximum atomic E-state index is 10.1. The molecule has 0 saturated carbocycles. The van der Waals surface area contributed by atoms with E-state index in [0.29, 0.717) is 6.04 Å². The first kappa shape index (κ1) is 9.10. The van der Waals surface area contributed by atoms with Gasteiger partial charge in [0.15, 0.2) is 0 Å². The van der Waals surface area contributed by atoms with Gasteiger partial charge in [0.25, 0.3) is 0 Å².